The van der Waals surface area contributed by atoms with Gasteiger partial charge in [0.1, 0.15) is 0 Å². The third-order valence-corrected chi connectivity index (χ3v) is 2.28. The van der Waals surface area contributed by atoms with Crippen molar-refractivity contribution in [2.45, 2.75) is 12.2 Å². The fraction of sp³-hybridized carbons (Fsp3) is 0.300. The summed E-state index contributed by atoms with van der Waals surface area (Å²) in [6.07, 6.45) is 2.14. The highest BCUT2D eigenvalue weighted by atomic mass is 32.2. The largest absolute Gasteiger partial charge is 0.481 e. The van der Waals surface area contributed by atoms with Crippen LogP contribution in [0.1, 0.15) is 11.1 Å². The number of carbonyl (C=O) groups is 1. The summed E-state index contributed by atoms with van der Waals surface area (Å²) in [5.41, 5.74) is 2.06. The maximum Gasteiger partial charge on any atom is 0.307 e. The molecule has 0 aliphatic rings. The molecule has 1 N–H and O–H groups in total. The van der Waals surface area contributed by atoms with E-state index in [0.29, 0.717) is 0 Å². The summed E-state index contributed by atoms with van der Waals surface area (Å²) >= 11 is 1.73. The number of hydrogen-bond acceptors (Lipinski definition) is 2. The van der Waals surface area contributed by atoms with Gasteiger partial charge in [-0.3, -0.25) is 4.79 Å². The van der Waals surface area contributed by atoms with Crippen LogP contribution in [0.3, 0.4) is 0 Å². The molecular weight excluding hydrogens is 184 g/mol. The molecule has 0 bridgehead atoms. The second-order valence-corrected chi connectivity index (χ2v) is 3.69. The monoisotopic (exact) mass is 196 g/mol. The van der Waals surface area contributed by atoms with Crippen LogP contribution in [0.4, 0.5) is 0 Å². The number of hydrogen-bond donors (Lipinski definition) is 1. The van der Waals surface area contributed by atoms with Crippen molar-refractivity contribution in [1.29, 1.82) is 0 Å². The van der Waals surface area contributed by atoms with Crippen molar-refractivity contribution in [1.82, 2.24) is 0 Å². The minimum Gasteiger partial charge on any atom is -0.481 e. The van der Waals surface area contributed by atoms with Crippen molar-refractivity contribution in [2.24, 2.45) is 0 Å². The maximum atomic E-state index is 10.4. The van der Waals surface area contributed by atoms with Gasteiger partial charge >= 0.3 is 5.97 Å². The first-order chi connectivity index (χ1) is 6.22. The molecule has 0 amide bonds. The molecule has 0 spiro atoms. The Bertz CT molecular complexity index is 297. The van der Waals surface area contributed by atoms with Gasteiger partial charge in [-0.2, -0.15) is 11.8 Å². The Hall–Kier alpha value is -0.960. The zero-order valence-electron chi connectivity index (χ0n) is 7.49. The minimum atomic E-state index is -0.777. The summed E-state index contributed by atoms with van der Waals surface area (Å²) in [7, 11) is 0. The van der Waals surface area contributed by atoms with E-state index < -0.39 is 5.97 Å². The molecule has 0 unspecified atom stereocenters. The Morgan fingerprint density at radius 3 is 2.77 bits per heavy atom. The van der Waals surface area contributed by atoms with Crippen LogP contribution in [0.5, 0.6) is 0 Å². The Morgan fingerprint density at radius 2 is 2.15 bits per heavy atom. The summed E-state index contributed by atoms with van der Waals surface area (Å²) in [5, 5.41) is 8.58. The van der Waals surface area contributed by atoms with E-state index in [4.69, 9.17) is 5.11 Å². The number of rotatable bonds is 4. The predicted molar refractivity (Wildman–Crippen MR) is 55.0 cm³/mol. The first-order valence-electron chi connectivity index (χ1n) is 4.01. The molecule has 0 aromatic heterocycles. The number of carboxylic acids is 1. The molecule has 0 atom stereocenters. The molecule has 70 valence electrons. The van der Waals surface area contributed by atoms with Gasteiger partial charge in [0, 0.05) is 5.75 Å². The second kappa shape index (κ2) is 4.92. The van der Waals surface area contributed by atoms with Crippen molar-refractivity contribution < 1.29 is 9.90 Å². The predicted octanol–water partition coefficient (Wildman–Crippen LogP) is 2.18. The lowest BCUT2D eigenvalue weighted by Gasteiger charge is -2.01. The average Bonchev–Trinajstić information content (AvgIpc) is 2.04. The lowest BCUT2D eigenvalue weighted by Crippen LogP contribution is -2.00. The average molecular weight is 196 g/mol. The molecule has 13 heavy (non-hydrogen) atoms. The molecule has 1 aromatic rings. The summed E-state index contributed by atoms with van der Waals surface area (Å²) < 4.78 is 0. The number of carboxylic acid groups (broad SMARTS) is 1. The van der Waals surface area contributed by atoms with Crippen molar-refractivity contribution in [3.8, 4) is 0 Å². The van der Waals surface area contributed by atoms with Crippen LogP contribution in [0.15, 0.2) is 24.3 Å². The highest BCUT2D eigenvalue weighted by molar-refractivity contribution is 7.97. The lowest BCUT2D eigenvalue weighted by molar-refractivity contribution is -0.136. The van der Waals surface area contributed by atoms with E-state index >= 15 is 0 Å². The van der Waals surface area contributed by atoms with Gasteiger partial charge in [-0.1, -0.05) is 24.3 Å². The van der Waals surface area contributed by atoms with Gasteiger partial charge in [-0.05, 0) is 17.4 Å². The van der Waals surface area contributed by atoms with Crippen molar-refractivity contribution in [2.75, 3.05) is 6.26 Å². The number of aliphatic carboxylic acids is 1. The van der Waals surface area contributed by atoms with Crippen LogP contribution >= 0.6 is 11.8 Å². The van der Waals surface area contributed by atoms with Gasteiger partial charge in [-0.25, -0.2) is 0 Å². The highest BCUT2D eigenvalue weighted by Gasteiger charge is 2.00. The van der Waals surface area contributed by atoms with Gasteiger partial charge < -0.3 is 5.11 Å². The molecule has 0 fully saturated rings. The molecule has 0 heterocycles. The molecule has 0 radical (unpaired) electrons. The summed E-state index contributed by atoms with van der Waals surface area (Å²) in [6.45, 7) is 0. The SMILES string of the molecule is CSCc1cccc(CC(=O)O)c1. The molecular formula is C10H12O2S. The molecule has 2 nitrogen and oxygen atoms in total. The summed E-state index contributed by atoms with van der Waals surface area (Å²) in [4.78, 5) is 10.4. The van der Waals surface area contributed by atoms with E-state index in [1.165, 1.54) is 5.56 Å². The molecule has 0 aliphatic carbocycles. The van der Waals surface area contributed by atoms with Crippen LogP contribution in [0, 0.1) is 0 Å². The fourth-order valence-corrected chi connectivity index (χ4v) is 1.68. The van der Waals surface area contributed by atoms with Crippen LogP contribution in [0.25, 0.3) is 0 Å². The molecule has 3 heteroatoms. The van der Waals surface area contributed by atoms with E-state index in [1.807, 2.05) is 30.5 Å². The maximum absolute atomic E-state index is 10.4. The van der Waals surface area contributed by atoms with Gasteiger partial charge in [0.2, 0.25) is 0 Å². The Balaban J connectivity index is 2.73. The van der Waals surface area contributed by atoms with E-state index in [2.05, 4.69) is 0 Å². The molecule has 0 saturated carbocycles. The molecule has 1 aromatic carbocycles. The smallest absolute Gasteiger partial charge is 0.307 e. The highest BCUT2D eigenvalue weighted by Crippen LogP contribution is 2.11. The third kappa shape index (κ3) is 3.51. The topological polar surface area (TPSA) is 37.3 Å². The van der Waals surface area contributed by atoms with Gasteiger partial charge in [0.25, 0.3) is 0 Å². The standard InChI is InChI=1S/C10H12O2S/c1-13-7-9-4-2-3-8(5-9)6-10(11)12/h2-5H,6-7H2,1H3,(H,11,12). The third-order valence-electron chi connectivity index (χ3n) is 1.66. The van der Waals surface area contributed by atoms with E-state index in [1.54, 1.807) is 11.8 Å². The second-order valence-electron chi connectivity index (χ2n) is 2.82. The van der Waals surface area contributed by atoms with Crippen LogP contribution in [0.2, 0.25) is 0 Å². The molecule has 1 rings (SSSR count). The van der Waals surface area contributed by atoms with E-state index in [9.17, 15) is 4.79 Å². The summed E-state index contributed by atoms with van der Waals surface area (Å²) in [6, 6.07) is 7.72. The Labute approximate surface area is 82.0 Å². The van der Waals surface area contributed by atoms with Crippen molar-refractivity contribution in [3.05, 3.63) is 35.4 Å². The number of benzene rings is 1. The van der Waals surface area contributed by atoms with E-state index in [0.717, 1.165) is 11.3 Å². The van der Waals surface area contributed by atoms with E-state index in [-0.39, 0.29) is 6.42 Å². The van der Waals surface area contributed by atoms with Crippen LogP contribution < -0.4 is 0 Å². The normalized spacial score (nSPS) is 9.92. The number of thioether (sulfide) groups is 1. The first kappa shape index (κ1) is 10.1. The fourth-order valence-electron chi connectivity index (χ4n) is 1.17. The zero-order chi connectivity index (χ0) is 9.68. The molecule has 0 saturated heterocycles. The Morgan fingerprint density at radius 1 is 1.46 bits per heavy atom. The quantitative estimate of drug-likeness (QED) is 0.802. The van der Waals surface area contributed by atoms with Crippen LogP contribution in [-0.2, 0) is 17.0 Å². The van der Waals surface area contributed by atoms with Crippen LogP contribution in [-0.4, -0.2) is 17.3 Å². The Kier molecular flexibility index (Phi) is 3.83. The van der Waals surface area contributed by atoms with Crippen molar-refractivity contribution in [3.63, 3.8) is 0 Å². The van der Waals surface area contributed by atoms with Gasteiger partial charge in [0.05, 0.1) is 6.42 Å². The van der Waals surface area contributed by atoms with Gasteiger partial charge in [0.15, 0.2) is 0 Å². The zero-order valence-corrected chi connectivity index (χ0v) is 8.30. The van der Waals surface area contributed by atoms with Crippen molar-refractivity contribution >= 4 is 17.7 Å². The first-order valence-corrected chi connectivity index (χ1v) is 5.40. The minimum absolute atomic E-state index is 0.113. The lowest BCUT2D eigenvalue weighted by atomic mass is 10.1. The molecule has 0 aliphatic heterocycles. The summed E-state index contributed by atoms with van der Waals surface area (Å²) in [5.74, 6) is 0.161. The van der Waals surface area contributed by atoms with Gasteiger partial charge in [-0.15, -0.1) is 0 Å².